The van der Waals surface area contributed by atoms with Crippen LogP contribution in [0.4, 0.5) is 29.2 Å². The number of hydrogen-bond donors (Lipinski definition) is 2. The van der Waals surface area contributed by atoms with Gasteiger partial charge in [-0.3, -0.25) is 4.98 Å². The first-order valence-electron chi connectivity index (χ1n) is 13.7. The highest BCUT2D eigenvalue weighted by atomic mass is 19.4. The Balaban J connectivity index is 1.50. The second-order valence-electron chi connectivity index (χ2n) is 11.3. The van der Waals surface area contributed by atoms with Crippen molar-refractivity contribution in [1.82, 2.24) is 30.2 Å². The number of halogens is 4. The zero-order valence-corrected chi connectivity index (χ0v) is 22.9. The molecule has 0 spiro atoms. The summed E-state index contributed by atoms with van der Waals surface area (Å²) >= 11 is 0. The van der Waals surface area contributed by atoms with E-state index in [0.29, 0.717) is 25.5 Å². The lowest BCUT2D eigenvalue weighted by atomic mass is 9.97. The molecule has 3 aromatic heterocycles. The maximum atomic E-state index is 16.3. The Hall–Kier alpha value is -3.58. The fraction of sp³-hybridized carbons (Fsp3) is 0.500. The number of likely N-dealkylation sites (N-methyl/N-ethyl adjacent to an activating group) is 1. The Bertz CT molecular complexity index is 1510. The van der Waals surface area contributed by atoms with Gasteiger partial charge in [0.15, 0.2) is 5.82 Å². The first-order valence-corrected chi connectivity index (χ1v) is 13.7. The Morgan fingerprint density at radius 1 is 1.24 bits per heavy atom. The number of hydrogen-bond acceptors (Lipinski definition) is 9. The van der Waals surface area contributed by atoms with Crippen LogP contribution in [0.2, 0.25) is 0 Å². The highest BCUT2D eigenvalue weighted by Gasteiger charge is 2.44. The number of rotatable bonds is 6. The molecule has 6 heterocycles. The molecule has 3 aromatic rings. The topological polar surface area (TPSA) is 105 Å². The average Bonchev–Trinajstić information content (AvgIpc) is 3.47. The van der Waals surface area contributed by atoms with Crippen LogP contribution in [0.15, 0.2) is 24.9 Å². The minimum Gasteiger partial charge on any atom is -0.462 e. The van der Waals surface area contributed by atoms with E-state index in [0.717, 1.165) is 38.3 Å². The summed E-state index contributed by atoms with van der Waals surface area (Å²) in [5.74, 6) is -0.811. The van der Waals surface area contributed by atoms with Gasteiger partial charge < -0.3 is 25.6 Å². The highest BCUT2D eigenvalue weighted by Crippen LogP contribution is 2.41. The van der Waals surface area contributed by atoms with E-state index in [1.54, 1.807) is 0 Å². The number of anilines is 2. The molecule has 6 rings (SSSR count). The van der Waals surface area contributed by atoms with Gasteiger partial charge in [-0.25, -0.2) is 9.37 Å². The standard InChI is InChI=1S/C28H32F4N8O/c1-4-27-8-7-16(38-27)12-40(14-27)25-18-11-34-24(23-20(28(30,31)32)15(2)10-19(33)35-23)21(29)22(18)36-26(37-25)41-13-17-6-5-9-39(17)3/h4,10-11,16-17,38H,1,5-9,12-14H2,2-3H3,(H2,33,35). The molecule has 3 unspecified atom stereocenters. The number of nitrogens with two attached hydrogens (primary N) is 1. The molecule has 3 atom stereocenters. The van der Waals surface area contributed by atoms with Crippen LogP contribution in [0.5, 0.6) is 6.01 Å². The van der Waals surface area contributed by atoms with Crippen molar-refractivity contribution >= 4 is 22.5 Å². The molecule has 2 bridgehead atoms. The molecule has 0 radical (unpaired) electrons. The van der Waals surface area contributed by atoms with Crippen molar-refractivity contribution in [3.8, 4) is 17.4 Å². The molecule has 3 fully saturated rings. The summed E-state index contributed by atoms with van der Waals surface area (Å²) in [5, 5.41) is 3.87. The van der Waals surface area contributed by atoms with Crippen LogP contribution in [0, 0.1) is 12.7 Å². The summed E-state index contributed by atoms with van der Waals surface area (Å²) in [6, 6.07) is 1.39. The number of nitrogen functional groups attached to an aromatic ring is 1. The van der Waals surface area contributed by atoms with Crippen molar-refractivity contribution in [1.29, 1.82) is 0 Å². The molecular formula is C28H32F4N8O. The molecule has 41 heavy (non-hydrogen) atoms. The van der Waals surface area contributed by atoms with E-state index in [2.05, 4.69) is 31.7 Å². The average molecular weight is 573 g/mol. The van der Waals surface area contributed by atoms with Crippen molar-refractivity contribution in [2.24, 2.45) is 0 Å². The van der Waals surface area contributed by atoms with E-state index in [4.69, 9.17) is 15.5 Å². The molecule has 9 nitrogen and oxygen atoms in total. The summed E-state index contributed by atoms with van der Waals surface area (Å²) in [6.45, 7) is 7.64. The number of fused-ring (bicyclic) bond motifs is 3. The fourth-order valence-electron chi connectivity index (χ4n) is 6.38. The van der Waals surface area contributed by atoms with Crippen LogP contribution in [0.1, 0.15) is 36.8 Å². The summed E-state index contributed by atoms with van der Waals surface area (Å²) in [4.78, 5) is 21.3. The normalized spacial score (nSPS) is 24.8. The third kappa shape index (κ3) is 4.94. The monoisotopic (exact) mass is 572 g/mol. The lowest BCUT2D eigenvalue weighted by Crippen LogP contribution is -2.58. The Morgan fingerprint density at radius 3 is 2.76 bits per heavy atom. The number of aromatic nitrogens is 4. The van der Waals surface area contributed by atoms with Gasteiger partial charge in [0.2, 0.25) is 0 Å². The van der Waals surface area contributed by atoms with Gasteiger partial charge in [0.1, 0.15) is 35.1 Å². The number of pyridine rings is 2. The van der Waals surface area contributed by atoms with Crippen molar-refractivity contribution in [3.63, 3.8) is 0 Å². The molecule has 0 aromatic carbocycles. The predicted octanol–water partition coefficient (Wildman–Crippen LogP) is 4.11. The Morgan fingerprint density at radius 2 is 2.05 bits per heavy atom. The maximum Gasteiger partial charge on any atom is 0.418 e. The van der Waals surface area contributed by atoms with Crippen LogP contribution in [-0.4, -0.2) is 75.7 Å². The number of likely N-dealkylation sites (tertiary alicyclic amines) is 1. The zero-order valence-electron chi connectivity index (χ0n) is 22.9. The quantitative estimate of drug-likeness (QED) is 0.334. The summed E-state index contributed by atoms with van der Waals surface area (Å²) in [7, 11) is 2.01. The van der Waals surface area contributed by atoms with Gasteiger partial charge in [0.25, 0.3) is 0 Å². The van der Waals surface area contributed by atoms with Gasteiger partial charge in [0.05, 0.1) is 16.5 Å². The largest absolute Gasteiger partial charge is 0.462 e. The summed E-state index contributed by atoms with van der Waals surface area (Å²) in [5.41, 5.74) is 2.71. The molecule has 3 saturated heterocycles. The third-order valence-electron chi connectivity index (χ3n) is 8.50. The van der Waals surface area contributed by atoms with E-state index < -0.39 is 28.9 Å². The molecule has 3 N–H and O–H groups in total. The molecule has 0 saturated carbocycles. The van der Waals surface area contributed by atoms with Gasteiger partial charge in [-0.1, -0.05) is 6.08 Å². The minimum absolute atomic E-state index is 0.0462. The van der Waals surface area contributed by atoms with Gasteiger partial charge in [-0.15, -0.1) is 6.58 Å². The smallest absolute Gasteiger partial charge is 0.418 e. The van der Waals surface area contributed by atoms with Gasteiger partial charge in [-0.2, -0.15) is 23.1 Å². The molecule has 3 aliphatic heterocycles. The second kappa shape index (κ2) is 10.1. The maximum absolute atomic E-state index is 16.3. The Labute approximate surface area is 234 Å². The molecule has 0 amide bonds. The number of ether oxygens (including phenoxy) is 1. The number of aryl methyl sites for hydroxylation is 1. The van der Waals surface area contributed by atoms with Gasteiger partial charge >= 0.3 is 12.2 Å². The summed E-state index contributed by atoms with van der Waals surface area (Å²) in [6.07, 6.45) is 2.22. The predicted molar refractivity (Wildman–Crippen MR) is 147 cm³/mol. The fourth-order valence-corrected chi connectivity index (χ4v) is 6.38. The van der Waals surface area contributed by atoms with Gasteiger partial charge in [-0.05, 0) is 57.8 Å². The summed E-state index contributed by atoms with van der Waals surface area (Å²) < 4.78 is 64.5. The lowest BCUT2D eigenvalue weighted by Gasteiger charge is -2.40. The van der Waals surface area contributed by atoms with Gasteiger partial charge in [0, 0.05) is 31.4 Å². The van der Waals surface area contributed by atoms with E-state index in [9.17, 15) is 13.2 Å². The zero-order chi connectivity index (χ0) is 29.1. The molecule has 13 heteroatoms. The number of alkyl halides is 3. The highest BCUT2D eigenvalue weighted by molar-refractivity contribution is 5.92. The van der Waals surface area contributed by atoms with E-state index >= 15 is 4.39 Å². The number of piperazine rings is 1. The molecule has 218 valence electrons. The SMILES string of the molecule is C=CC12CCC(CN(c3nc(OCC4CCCN4C)nc4c(F)c(-c5nc(N)cc(C)c5C(F)(F)F)ncc34)C1)N2. The third-order valence-corrected chi connectivity index (χ3v) is 8.50. The van der Waals surface area contributed by atoms with E-state index in [1.807, 2.05) is 18.0 Å². The van der Waals surface area contributed by atoms with Crippen LogP contribution < -0.4 is 20.7 Å². The first-order chi connectivity index (χ1) is 19.5. The van der Waals surface area contributed by atoms with Crippen molar-refractivity contribution < 1.29 is 22.3 Å². The van der Waals surface area contributed by atoms with E-state index in [-0.39, 0.29) is 45.9 Å². The van der Waals surface area contributed by atoms with Crippen molar-refractivity contribution in [2.75, 3.05) is 43.9 Å². The van der Waals surface area contributed by atoms with Crippen LogP contribution in [0.3, 0.4) is 0 Å². The van der Waals surface area contributed by atoms with Crippen LogP contribution >= 0.6 is 0 Å². The number of nitrogens with zero attached hydrogens (tertiary/aromatic N) is 6. The van der Waals surface area contributed by atoms with Crippen molar-refractivity contribution in [2.45, 2.75) is 56.4 Å². The van der Waals surface area contributed by atoms with Crippen molar-refractivity contribution in [3.05, 3.63) is 41.9 Å². The van der Waals surface area contributed by atoms with Crippen LogP contribution in [0.25, 0.3) is 22.3 Å². The van der Waals surface area contributed by atoms with E-state index in [1.165, 1.54) is 13.1 Å². The molecule has 0 aliphatic carbocycles. The molecule has 3 aliphatic rings. The minimum atomic E-state index is -4.80. The lowest BCUT2D eigenvalue weighted by molar-refractivity contribution is -0.137. The number of nitrogens with one attached hydrogen (secondary N) is 1. The Kier molecular flexibility index (Phi) is 6.76. The molecular weight excluding hydrogens is 540 g/mol. The first kappa shape index (κ1) is 27.6. The second-order valence-corrected chi connectivity index (χ2v) is 11.3. The van der Waals surface area contributed by atoms with Crippen LogP contribution in [-0.2, 0) is 6.18 Å².